The lowest BCUT2D eigenvalue weighted by atomic mass is 10.0. The van der Waals surface area contributed by atoms with Crippen molar-refractivity contribution < 1.29 is 68.1 Å². The maximum absolute atomic E-state index is 14.0. The molecule has 24 nitrogen and oxygen atoms in total. The van der Waals surface area contributed by atoms with Gasteiger partial charge in [-0.25, -0.2) is 4.79 Å². The molecule has 0 unspecified atom stereocenters. The lowest BCUT2D eigenvalue weighted by Gasteiger charge is -2.31. The van der Waals surface area contributed by atoms with Crippen molar-refractivity contribution in [1.29, 1.82) is 0 Å². The van der Waals surface area contributed by atoms with Crippen LogP contribution in [0.2, 0.25) is 0 Å². The molecule has 2 aliphatic rings. The fraction of sp³-hybridized carbons (Fsp3) is 0.614. The van der Waals surface area contributed by atoms with E-state index in [0.29, 0.717) is 18.4 Å². The summed E-state index contributed by atoms with van der Waals surface area (Å²) >= 11 is 0. The summed E-state index contributed by atoms with van der Waals surface area (Å²) in [5.41, 5.74) is 11.9. The predicted molar refractivity (Wildman–Crippen MR) is 240 cm³/mol. The lowest BCUT2D eigenvalue weighted by molar-refractivity contribution is -0.149. The minimum absolute atomic E-state index is 0.0681. The Labute approximate surface area is 393 Å². The number of nitrogens with one attached hydrogen (secondary N) is 6. The lowest BCUT2D eigenvalue weighted by Crippen LogP contribution is -2.59. The molecule has 1 aromatic carbocycles. The van der Waals surface area contributed by atoms with Crippen molar-refractivity contribution in [2.45, 2.75) is 141 Å². The van der Waals surface area contributed by atoms with Gasteiger partial charge >= 0.3 is 11.9 Å². The molecule has 0 spiro atoms. The highest BCUT2D eigenvalue weighted by molar-refractivity contribution is 5.98. The number of rotatable bonds is 25. The molecule has 13 N–H and O–H groups in total. The van der Waals surface area contributed by atoms with Gasteiger partial charge in [0.15, 0.2) is 0 Å². The Morgan fingerprint density at radius 3 is 1.81 bits per heavy atom. The number of aliphatic carboxylic acids is 2. The van der Waals surface area contributed by atoms with E-state index in [9.17, 15) is 68.1 Å². The molecule has 2 aliphatic heterocycles. The van der Waals surface area contributed by atoms with Crippen molar-refractivity contribution in [2.75, 3.05) is 19.6 Å². The number of carboxylic acid groups (broad SMARTS) is 2. The molecule has 8 atom stereocenters. The van der Waals surface area contributed by atoms with Gasteiger partial charge in [0.1, 0.15) is 48.0 Å². The summed E-state index contributed by atoms with van der Waals surface area (Å²) in [5.74, 6) is -10.7. The minimum Gasteiger partial charge on any atom is -0.508 e. The van der Waals surface area contributed by atoms with E-state index in [1.54, 1.807) is 27.7 Å². The molecule has 3 rings (SSSR count). The van der Waals surface area contributed by atoms with Crippen LogP contribution >= 0.6 is 0 Å². The number of hydrogen-bond donors (Lipinski definition) is 11. The van der Waals surface area contributed by atoms with Gasteiger partial charge in [0, 0.05) is 25.9 Å². The fourth-order valence-corrected chi connectivity index (χ4v) is 7.78. The number of benzene rings is 1. The molecule has 2 saturated heterocycles. The molecule has 2 fully saturated rings. The monoisotopic (exact) mass is 958 g/mol. The number of carboxylic acids is 2. The average molecular weight is 959 g/mol. The number of nitrogens with two attached hydrogens (primary N) is 2. The quantitative estimate of drug-likeness (QED) is 0.0476. The van der Waals surface area contributed by atoms with Crippen molar-refractivity contribution in [3.05, 3.63) is 29.8 Å². The number of phenols is 1. The molecule has 1 aromatic rings. The topological polar surface area (TPSA) is 379 Å². The molecule has 0 aliphatic carbocycles. The van der Waals surface area contributed by atoms with Crippen molar-refractivity contribution in [2.24, 2.45) is 23.3 Å². The molecule has 0 bridgehead atoms. The van der Waals surface area contributed by atoms with Gasteiger partial charge < -0.3 is 68.5 Å². The SMILES string of the molecule is CC(C)C[C@H](NC(=O)CNC(=O)[C@H](CCC(=O)O)NC(=O)[C@H](CC(N)=O)NC(=O)[C@H](Cc1ccc(O)cc1)NC(=O)[C@@H](N)C(C)C)C(=O)N1CCC[C@H]1C(=O)N[C@@H](C)C(=O)N1CCC[C@H]1C(=O)O. The van der Waals surface area contributed by atoms with Crippen LogP contribution in [0.15, 0.2) is 24.3 Å². The van der Waals surface area contributed by atoms with Gasteiger partial charge in [-0.3, -0.25) is 47.9 Å². The predicted octanol–water partition coefficient (Wildman–Crippen LogP) is -2.67. The van der Waals surface area contributed by atoms with Crippen LogP contribution in [0, 0.1) is 11.8 Å². The third kappa shape index (κ3) is 16.8. The van der Waals surface area contributed by atoms with Crippen LogP contribution in [0.1, 0.15) is 91.5 Å². The molecule has 376 valence electrons. The highest BCUT2D eigenvalue weighted by Gasteiger charge is 2.41. The standard InChI is InChI=1S/C44H66N10O14/c1-22(2)18-30(43(66)53-16-6-8-31(53)40(63)48-24(5)42(65)54-17-7-9-32(54)44(67)68)49-34(57)21-47-37(60)27(14-15-35(58)59)50-39(62)29(20-33(45)56)51-38(61)28(52-41(64)36(46)23(3)4)19-25-10-12-26(55)13-11-25/h10-13,22-24,27-32,36,55H,6-9,14-21,46H2,1-5H3,(H2,45,56)(H,47,60)(H,48,63)(H,49,57)(H,50,62)(H,51,61)(H,52,64)(H,58,59)(H,67,68)/t24-,27-,28-,29-,30-,31-,32-,36-/m0/s1. The van der Waals surface area contributed by atoms with E-state index in [-0.39, 0.29) is 56.4 Å². The second-order valence-electron chi connectivity index (χ2n) is 17.8. The minimum atomic E-state index is -1.75. The fourth-order valence-electron chi connectivity index (χ4n) is 7.78. The Kier molecular flexibility index (Phi) is 21.1. The largest absolute Gasteiger partial charge is 0.508 e. The average Bonchev–Trinajstić information content (AvgIpc) is 3.97. The number of carbonyl (C=O) groups is 11. The number of primary amides is 1. The maximum Gasteiger partial charge on any atom is 0.326 e. The molecule has 0 radical (unpaired) electrons. The van der Waals surface area contributed by atoms with Gasteiger partial charge in [0.2, 0.25) is 53.2 Å². The second-order valence-corrected chi connectivity index (χ2v) is 17.8. The zero-order valence-corrected chi connectivity index (χ0v) is 38.9. The van der Waals surface area contributed by atoms with Crippen LogP contribution in [-0.2, 0) is 59.2 Å². The second kappa shape index (κ2) is 25.9. The summed E-state index contributed by atoms with van der Waals surface area (Å²) < 4.78 is 0. The molecular formula is C44H66N10O14. The van der Waals surface area contributed by atoms with E-state index in [1.165, 1.54) is 41.0 Å². The Morgan fingerprint density at radius 1 is 0.691 bits per heavy atom. The summed E-state index contributed by atoms with van der Waals surface area (Å²) in [6.45, 7) is 7.97. The van der Waals surface area contributed by atoms with Crippen LogP contribution < -0.4 is 43.4 Å². The van der Waals surface area contributed by atoms with Crippen LogP contribution in [-0.4, -0.2) is 158 Å². The Bertz CT molecular complexity index is 2030. The number of carbonyl (C=O) groups excluding carboxylic acids is 9. The zero-order chi connectivity index (χ0) is 51.0. The Balaban J connectivity index is 1.72. The number of aromatic hydroxyl groups is 1. The van der Waals surface area contributed by atoms with Crippen LogP contribution in [0.5, 0.6) is 5.75 Å². The van der Waals surface area contributed by atoms with E-state index in [0.717, 1.165) is 0 Å². The summed E-state index contributed by atoms with van der Waals surface area (Å²) in [4.78, 5) is 146. The summed E-state index contributed by atoms with van der Waals surface area (Å²) in [5, 5.41) is 43.3. The number of amides is 9. The highest BCUT2D eigenvalue weighted by Crippen LogP contribution is 2.22. The van der Waals surface area contributed by atoms with Crippen LogP contribution in [0.25, 0.3) is 0 Å². The molecule has 9 amide bonds. The number of hydrogen-bond acceptors (Lipinski definition) is 13. The first-order valence-electron chi connectivity index (χ1n) is 22.6. The van der Waals surface area contributed by atoms with E-state index in [4.69, 9.17) is 11.5 Å². The van der Waals surface area contributed by atoms with Crippen molar-refractivity contribution >= 4 is 65.1 Å². The van der Waals surface area contributed by atoms with Gasteiger partial charge in [-0.2, -0.15) is 0 Å². The van der Waals surface area contributed by atoms with Gasteiger partial charge in [0.05, 0.1) is 19.0 Å². The van der Waals surface area contributed by atoms with Crippen molar-refractivity contribution in [1.82, 2.24) is 41.7 Å². The summed E-state index contributed by atoms with van der Waals surface area (Å²) in [6, 6.07) is -4.42. The van der Waals surface area contributed by atoms with Crippen molar-refractivity contribution in [3.8, 4) is 5.75 Å². The van der Waals surface area contributed by atoms with Crippen LogP contribution in [0.4, 0.5) is 0 Å². The van der Waals surface area contributed by atoms with Crippen molar-refractivity contribution in [3.63, 3.8) is 0 Å². The molecule has 0 aromatic heterocycles. The Hall–Kier alpha value is -6.85. The highest BCUT2D eigenvalue weighted by atomic mass is 16.4. The summed E-state index contributed by atoms with van der Waals surface area (Å²) in [7, 11) is 0. The van der Waals surface area contributed by atoms with Gasteiger partial charge in [-0.05, 0) is 75.0 Å². The molecule has 24 heteroatoms. The smallest absolute Gasteiger partial charge is 0.326 e. The van der Waals surface area contributed by atoms with Gasteiger partial charge in [-0.15, -0.1) is 0 Å². The molecule has 2 heterocycles. The van der Waals surface area contributed by atoms with E-state index in [2.05, 4.69) is 31.9 Å². The third-order valence-corrected chi connectivity index (χ3v) is 11.5. The number of nitrogens with zero attached hydrogens (tertiary/aromatic N) is 2. The number of likely N-dealkylation sites (tertiary alicyclic amines) is 2. The zero-order valence-electron chi connectivity index (χ0n) is 38.9. The third-order valence-electron chi connectivity index (χ3n) is 11.5. The Morgan fingerprint density at radius 2 is 1.25 bits per heavy atom. The first-order chi connectivity index (χ1) is 31.9. The van der Waals surface area contributed by atoms with Crippen LogP contribution in [0.3, 0.4) is 0 Å². The normalized spacial score (nSPS) is 18.3. The van der Waals surface area contributed by atoms with E-state index >= 15 is 0 Å². The van der Waals surface area contributed by atoms with Gasteiger partial charge in [0.25, 0.3) is 0 Å². The maximum atomic E-state index is 14.0. The molecule has 0 saturated carbocycles. The molecular weight excluding hydrogens is 893 g/mol. The number of phenolic OH excluding ortho intramolecular Hbond substituents is 1. The summed E-state index contributed by atoms with van der Waals surface area (Å²) in [6.07, 6.45) is -0.574. The first-order valence-corrected chi connectivity index (χ1v) is 22.6. The van der Waals surface area contributed by atoms with E-state index < -0.39 is 139 Å². The van der Waals surface area contributed by atoms with E-state index in [1.807, 2.05) is 0 Å². The van der Waals surface area contributed by atoms with Gasteiger partial charge in [-0.1, -0.05) is 39.8 Å². The first kappa shape index (κ1) is 55.5. The molecule has 68 heavy (non-hydrogen) atoms.